The summed E-state index contributed by atoms with van der Waals surface area (Å²) < 4.78 is 45.5. The second kappa shape index (κ2) is 16.0. The number of nitrogens with one attached hydrogen (secondary N) is 1. The SMILES string of the molecule is CCCCNC(=O)C(CC)N(Cc1cccc(OC)c1)C(=O)CN(c1ccc(C)cc1)S(=O)(=O)c1ccc(OC)c(OC)c1. The first-order chi connectivity index (χ1) is 21.1. The molecule has 3 aromatic carbocycles. The molecular weight excluding hydrogens is 582 g/mol. The van der Waals surface area contributed by atoms with Crippen molar-refractivity contribution in [3.63, 3.8) is 0 Å². The largest absolute Gasteiger partial charge is 0.497 e. The van der Waals surface area contributed by atoms with E-state index in [0.717, 1.165) is 28.3 Å². The van der Waals surface area contributed by atoms with Gasteiger partial charge in [-0.15, -0.1) is 0 Å². The molecule has 0 bridgehead atoms. The van der Waals surface area contributed by atoms with Crippen LogP contribution in [0.2, 0.25) is 0 Å². The number of aryl methyl sites for hydroxylation is 1. The van der Waals surface area contributed by atoms with Gasteiger partial charge in [-0.1, -0.05) is 50.1 Å². The Bertz CT molecular complexity index is 1510. The Kier molecular flexibility index (Phi) is 12.5. The molecule has 0 aliphatic rings. The fourth-order valence-corrected chi connectivity index (χ4v) is 6.17. The van der Waals surface area contributed by atoms with Gasteiger partial charge in [-0.3, -0.25) is 13.9 Å². The quantitative estimate of drug-likeness (QED) is 0.224. The second-order valence-corrected chi connectivity index (χ2v) is 12.2. The van der Waals surface area contributed by atoms with E-state index in [1.165, 1.54) is 37.3 Å². The van der Waals surface area contributed by atoms with Crippen molar-refractivity contribution in [3.05, 3.63) is 77.9 Å². The van der Waals surface area contributed by atoms with Gasteiger partial charge in [0.2, 0.25) is 11.8 Å². The number of carbonyl (C=O) groups is 2. The predicted octanol–water partition coefficient (Wildman–Crippen LogP) is 4.94. The molecule has 10 nitrogen and oxygen atoms in total. The van der Waals surface area contributed by atoms with E-state index in [-0.39, 0.29) is 23.1 Å². The van der Waals surface area contributed by atoms with Gasteiger partial charge in [0, 0.05) is 19.2 Å². The van der Waals surface area contributed by atoms with Crippen LogP contribution in [0.15, 0.2) is 71.6 Å². The molecule has 0 fully saturated rings. The molecule has 0 heterocycles. The van der Waals surface area contributed by atoms with E-state index >= 15 is 0 Å². The summed E-state index contributed by atoms with van der Waals surface area (Å²) in [6.07, 6.45) is 2.04. The minimum atomic E-state index is -4.28. The number of methoxy groups -OCH3 is 3. The number of carbonyl (C=O) groups excluding carboxylic acids is 2. The summed E-state index contributed by atoms with van der Waals surface area (Å²) in [7, 11) is 0.155. The predicted molar refractivity (Wildman–Crippen MR) is 171 cm³/mol. The smallest absolute Gasteiger partial charge is 0.264 e. The molecule has 0 aliphatic heterocycles. The van der Waals surface area contributed by atoms with Crippen LogP contribution >= 0.6 is 0 Å². The van der Waals surface area contributed by atoms with Crippen LogP contribution in [-0.4, -0.2) is 65.6 Å². The zero-order valence-corrected chi connectivity index (χ0v) is 27.1. The molecule has 3 rings (SSSR count). The first-order valence-corrected chi connectivity index (χ1v) is 16.0. The molecule has 1 unspecified atom stereocenters. The van der Waals surface area contributed by atoms with Gasteiger partial charge in [-0.2, -0.15) is 0 Å². The third-order valence-electron chi connectivity index (χ3n) is 7.25. The van der Waals surface area contributed by atoms with Crippen molar-refractivity contribution in [2.24, 2.45) is 0 Å². The highest BCUT2D eigenvalue weighted by atomic mass is 32.2. The molecule has 0 saturated carbocycles. The molecule has 2 amide bonds. The molecule has 0 saturated heterocycles. The Morgan fingerprint density at radius 2 is 1.59 bits per heavy atom. The molecule has 0 radical (unpaired) electrons. The van der Waals surface area contributed by atoms with Gasteiger partial charge in [0.05, 0.1) is 31.9 Å². The molecule has 0 aliphatic carbocycles. The highest BCUT2D eigenvalue weighted by Gasteiger charge is 2.34. The number of hydrogen-bond acceptors (Lipinski definition) is 7. The van der Waals surface area contributed by atoms with Crippen molar-refractivity contribution >= 4 is 27.5 Å². The fraction of sp³-hybridized carbons (Fsp3) is 0.394. The summed E-state index contributed by atoms with van der Waals surface area (Å²) in [6, 6.07) is 17.5. The van der Waals surface area contributed by atoms with Crippen LogP contribution < -0.4 is 23.8 Å². The van der Waals surface area contributed by atoms with Crippen molar-refractivity contribution in [1.29, 1.82) is 0 Å². The van der Waals surface area contributed by atoms with Crippen LogP contribution in [0, 0.1) is 6.92 Å². The third-order valence-corrected chi connectivity index (χ3v) is 9.02. The van der Waals surface area contributed by atoms with Crippen LogP contribution in [0.25, 0.3) is 0 Å². The fourth-order valence-electron chi connectivity index (χ4n) is 4.74. The summed E-state index contributed by atoms with van der Waals surface area (Å²) in [4.78, 5) is 29.0. The van der Waals surface area contributed by atoms with E-state index in [2.05, 4.69) is 5.32 Å². The Morgan fingerprint density at radius 3 is 2.20 bits per heavy atom. The summed E-state index contributed by atoms with van der Waals surface area (Å²) in [5.74, 6) is 0.386. The number of unbranched alkanes of at least 4 members (excludes halogenated alkanes) is 1. The van der Waals surface area contributed by atoms with E-state index < -0.39 is 28.5 Å². The highest BCUT2D eigenvalue weighted by molar-refractivity contribution is 7.92. The highest BCUT2D eigenvalue weighted by Crippen LogP contribution is 2.32. The zero-order valence-electron chi connectivity index (χ0n) is 26.3. The Labute approximate surface area is 261 Å². The average Bonchev–Trinajstić information content (AvgIpc) is 3.03. The molecule has 1 N–H and O–H groups in total. The molecule has 0 spiro atoms. The lowest BCUT2D eigenvalue weighted by Gasteiger charge is -2.33. The second-order valence-electron chi connectivity index (χ2n) is 10.3. The molecule has 3 aromatic rings. The number of nitrogens with zero attached hydrogens (tertiary/aromatic N) is 2. The molecule has 1 atom stereocenters. The topological polar surface area (TPSA) is 114 Å². The minimum Gasteiger partial charge on any atom is -0.497 e. The van der Waals surface area contributed by atoms with Crippen LogP contribution in [0.3, 0.4) is 0 Å². The zero-order chi connectivity index (χ0) is 32.3. The van der Waals surface area contributed by atoms with E-state index in [9.17, 15) is 18.0 Å². The number of rotatable bonds is 16. The minimum absolute atomic E-state index is 0.0766. The monoisotopic (exact) mass is 625 g/mol. The van der Waals surface area contributed by atoms with Crippen LogP contribution in [0.5, 0.6) is 17.2 Å². The van der Waals surface area contributed by atoms with Gasteiger partial charge in [-0.25, -0.2) is 8.42 Å². The maximum Gasteiger partial charge on any atom is 0.264 e. The maximum atomic E-state index is 14.3. The van der Waals surface area contributed by atoms with Crippen LogP contribution in [0.4, 0.5) is 5.69 Å². The normalized spacial score (nSPS) is 11.8. The van der Waals surface area contributed by atoms with Crippen LogP contribution in [0.1, 0.15) is 44.2 Å². The lowest BCUT2D eigenvalue weighted by Crippen LogP contribution is -2.52. The van der Waals surface area contributed by atoms with Gasteiger partial charge in [0.1, 0.15) is 18.3 Å². The van der Waals surface area contributed by atoms with E-state index in [1.54, 1.807) is 49.6 Å². The standard InChI is InChI=1S/C33H43N3O7S/c1-7-9-19-34-33(38)29(8-2)35(22-25-11-10-12-27(20-25)41-4)32(37)23-36(26-15-13-24(3)14-16-26)44(39,40)28-17-18-30(42-5)31(21-28)43-6/h10-18,20-21,29H,7-9,19,22-23H2,1-6H3,(H,34,38). The van der Waals surface area contributed by atoms with Crippen molar-refractivity contribution < 1.29 is 32.2 Å². The van der Waals surface area contributed by atoms with E-state index in [4.69, 9.17) is 14.2 Å². The lowest BCUT2D eigenvalue weighted by atomic mass is 10.1. The Hall–Kier alpha value is -4.25. The summed E-state index contributed by atoms with van der Waals surface area (Å²) in [6.45, 7) is 5.77. The number of anilines is 1. The van der Waals surface area contributed by atoms with Gasteiger partial charge in [-0.05, 0) is 61.7 Å². The molecular formula is C33H43N3O7S. The van der Waals surface area contributed by atoms with Gasteiger partial charge in [0.15, 0.2) is 11.5 Å². The maximum absolute atomic E-state index is 14.3. The summed E-state index contributed by atoms with van der Waals surface area (Å²) >= 11 is 0. The average molecular weight is 626 g/mol. The van der Waals surface area contributed by atoms with Gasteiger partial charge in [0.25, 0.3) is 10.0 Å². The first-order valence-electron chi connectivity index (χ1n) is 14.6. The van der Waals surface area contributed by atoms with Crippen molar-refractivity contribution in [2.45, 2.75) is 57.5 Å². The number of amides is 2. The molecule has 44 heavy (non-hydrogen) atoms. The van der Waals surface area contributed by atoms with Gasteiger partial charge < -0.3 is 24.4 Å². The van der Waals surface area contributed by atoms with Crippen molar-refractivity contribution in [2.75, 3.05) is 38.7 Å². The first kappa shape index (κ1) is 34.2. The molecule has 238 valence electrons. The third kappa shape index (κ3) is 8.43. The summed E-state index contributed by atoms with van der Waals surface area (Å²) in [5.41, 5.74) is 1.97. The summed E-state index contributed by atoms with van der Waals surface area (Å²) in [5, 5.41) is 2.93. The lowest BCUT2D eigenvalue weighted by molar-refractivity contribution is -0.140. The number of sulfonamides is 1. The van der Waals surface area contributed by atoms with Crippen molar-refractivity contribution in [1.82, 2.24) is 10.2 Å². The van der Waals surface area contributed by atoms with E-state index in [1.807, 2.05) is 26.8 Å². The number of ether oxygens (including phenoxy) is 3. The van der Waals surface area contributed by atoms with Crippen molar-refractivity contribution in [3.8, 4) is 17.2 Å². The van der Waals surface area contributed by atoms with E-state index in [0.29, 0.717) is 30.2 Å². The van der Waals surface area contributed by atoms with Gasteiger partial charge >= 0.3 is 0 Å². The molecule has 11 heteroatoms. The molecule has 0 aromatic heterocycles. The van der Waals surface area contributed by atoms with Crippen LogP contribution in [-0.2, 0) is 26.2 Å². The Balaban J connectivity index is 2.08. The Morgan fingerprint density at radius 1 is 0.886 bits per heavy atom. The number of hydrogen-bond donors (Lipinski definition) is 1. The number of benzene rings is 3.